The van der Waals surface area contributed by atoms with Gasteiger partial charge in [-0.05, 0) is 19.3 Å². The summed E-state index contributed by atoms with van der Waals surface area (Å²) in [6.07, 6.45) is 5.52. The van der Waals surface area contributed by atoms with Crippen molar-refractivity contribution < 1.29 is 4.74 Å². The molecular weight excluding hydrogens is 174 g/mol. The Morgan fingerprint density at radius 1 is 1.43 bits per heavy atom. The molecule has 0 saturated carbocycles. The molecule has 0 radical (unpaired) electrons. The van der Waals surface area contributed by atoms with Crippen molar-refractivity contribution >= 4 is 0 Å². The van der Waals surface area contributed by atoms with Crippen molar-refractivity contribution in [2.45, 2.75) is 52.2 Å². The molecule has 0 aromatic heterocycles. The molecule has 0 spiro atoms. The van der Waals surface area contributed by atoms with Gasteiger partial charge in [0.1, 0.15) is 0 Å². The van der Waals surface area contributed by atoms with Crippen molar-refractivity contribution in [1.29, 1.82) is 0 Å². The summed E-state index contributed by atoms with van der Waals surface area (Å²) in [4.78, 5) is 0. The molecule has 2 heteroatoms. The maximum atomic E-state index is 5.73. The van der Waals surface area contributed by atoms with Crippen LogP contribution >= 0.6 is 0 Å². The number of unbranched alkanes of at least 4 members (excludes halogenated alkanes) is 1. The van der Waals surface area contributed by atoms with E-state index in [9.17, 15) is 0 Å². The van der Waals surface area contributed by atoms with Crippen LogP contribution in [-0.2, 0) is 4.74 Å². The lowest BCUT2D eigenvalue weighted by atomic mass is 10.2. The molecule has 1 N–H and O–H groups in total. The van der Waals surface area contributed by atoms with E-state index in [0.717, 1.165) is 32.4 Å². The number of ether oxygens (including phenoxy) is 1. The van der Waals surface area contributed by atoms with Crippen LogP contribution in [0.2, 0.25) is 0 Å². The highest BCUT2D eigenvalue weighted by Crippen LogP contribution is 2.00. The largest absolute Gasteiger partial charge is 0.377 e. The van der Waals surface area contributed by atoms with Gasteiger partial charge in [-0.1, -0.05) is 26.8 Å². The van der Waals surface area contributed by atoms with Crippen molar-refractivity contribution in [3.63, 3.8) is 0 Å². The van der Waals surface area contributed by atoms with E-state index < -0.39 is 0 Å². The first-order valence-corrected chi connectivity index (χ1v) is 5.66. The Morgan fingerprint density at radius 2 is 2.14 bits per heavy atom. The van der Waals surface area contributed by atoms with Crippen LogP contribution in [0.1, 0.15) is 40.0 Å². The van der Waals surface area contributed by atoms with Crippen LogP contribution in [-0.4, -0.2) is 25.3 Å². The SMILES string of the molecule is C=CCCCOC(CC)CNC(C)C. The average molecular weight is 199 g/mol. The summed E-state index contributed by atoms with van der Waals surface area (Å²) >= 11 is 0. The monoisotopic (exact) mass is 199 g/mol. The van der Waals surface area contributed by atoms with Gasteiger partial charge in [-0.25, -0.2) is 0 Å². The summed E-state index contributed by atoms with van der Waals surface area (Å²) in [6.45, 7) is 12.0. The third kappa shape index (κ3) is 8.27. The van der Waals surface area contributed by atoms with E-state index in [4.69, 9.17) is 4.74 Å². The van der Waals surface area contributed by atoms with Gasteiger partial charge in [0.2, 0.25) is 0 Å². The van der Waals surface area contributed by atoms with Crippen LogP contribution in [0.15, 0.2) is 12.7 Å². The van der Waals surface area contributed by atoms with Crippen LogP contribution in [0.25, 0.3) is 0 Å². The molecular formula is C12H25NO. The van der Waals surface area contributed by atoms with Gasteiger partial charge in [-0.3, -0.25) is 0 Å². The van der Waals surface area contributed by atoms with Crippen LogP contribution in [0.5, 0.6) is 0 Å². The fourth-order valence-corrected chi connectivity index (χ4v) is 1.17. The van der Waals surface area contributed by atoms with E-state index in [2.05, 4.69) is 32.7 Å². The highest BCUT2D eigenvalue weighted by Gasteiger charge is 2.05. The topological polar surface area (TPSA) is 21.3 Å². The second kappa shape index (κ2) is 9.22. The van der Waals surface area contributed by atoms with Crippen molar-refractivity contribution in [2.24, 2.45) is 0 Å². The van der Waals surface area contributed by atoms with Crippen LogP contribution < -0.4 is 5.32 Å². The molecule has 0 saturated heterocycles. The molecule has 0 fully saturated rings. The number of hydrogen-bond donors (Lipinski definition) is 1. The molecule has 0 aliphatic carbocycles. The minimum Gasteiger partial charge on any atom is -0.377 e. The van der Waals surface area contributed by atoms with E-state index in [1.54, 1.807) is 0 Å². The van der Waals surface area contributed by atoms with Gasteiger partial charge in [0.15, 0.2) is 0 Å². The Morgan fingerprint density at radius 3 is 2.64 bits per heavy atom. The highest BCUT2D eigenvalue weighted by molar-refractivity contribution is 4.66. The van der Waals surface area contributed by atoms with Crippen molar-refractivity contribution in [3.05, 3.63) is 12.7 Å². The third-order valence-electron chi connectivity index (χ3n) is 2.12. The van der Waals surface area contributed by atoms with E-state index >= 15 is 0 Å². The minimum absolute atomic E-state index is 0.363. The zero-order valence-corrected chi connectivity index (χ0v) is 9.88. The third-order valence-corrected chi connectivity index (χ3v) is 2.12. The van der Waals surface area contributed by atoms with Gasteiger partial charge in [0.25, 0.3) is 0 Å². The zero-order chi connectivity index (χ0) is 10.8. The summed E-state index contributed by atoms with van der Waals surface area (Å²) < 4.78 is 5.73. The Kier molecular flexibility index (Phi) is 9.00. The van der Waals surface area contributed by atoms with Gasteiger partial charge >= 0.3 is 0 Å². The van der Waals surface area contributed by atoms with Crippen LogP contribution in [0.4, 0.5) is 0 Å². The molecule has 0 heterocycles. The van der Waals surface area contributed by atoms with Gasteiger partial charge in [0, 0.05) is 19.2 Å². The number of hydrogen-bond acceptors (Lipinski definition) is 2. The molecule has 0 aliphatic rings. The Hall–Kier alpha value is -0.340. The number of nitrogens with one attached hydrogen (secondary N) is 1. The predicted molar refractivity (Wildman–Crippen MR) is 62.6 cm³/mol. The maximum Gasteiger partial charge on any atom is 0.0696 e. The van der Waals surface area contributed by atoms with Gasteiger partial charge in [-0.15, -0.1) is 6.58 Å². The summed E-state index contributed by atoms with van der Waals surface area (Å²) in [5.74, 6) is 0. The molecule has 84 valence electrons. The van der Waals surface area contributed by atoms with Crippen LogP contribution in [0.3, 0.4) is 0 Å². The van der Waals surface area contributed by atoms with Gasteiger partial charge < -0.3 is 10.1 Å². The Labute approximate surface area is 88.7 Å². The molecule has 0 aromatic rings. The normalized spacial score (nSPS) is 13.1. The predicted octanol–water partition coefficient (Wildman–Crippen LogP) is 2.75. The molecule has 1 atom stereocenters. The smallest absolute Gasteiger partial charge is 0.0696 e. The first kappa shape index (κ1) is 13.7. The van der Waals surface area contributed by atoms with Crippen molar-refractivity contribution in [3.8, 4) is 0 Å². The Balaban J connectivity index is 3.42. The highest BCUT2D eigenvalue weighted by atomic mass is 16.5. The minimum atomic E-state index is 0.363. The zero-order valence-electron chi connectivity index (χ0n) is 9.88. The molecule has 0 aliphatic heterocycles. The maximum absolute atomic E-state index is 5.73. The molecule has 1 unspecified atom stereocenters. The molecule has 2 nitrogen and oxygen atoms in total. The summed E-state index contributed by atoms with van der Waals surface area (Å²) in [5, 5.41) is 3.39. The lowest BCUT2D eigenvalue weighted by Gasteiger charge is -2.18. The van der Waals surface area contributed by atoms with Crippen molar-refractivity contribution in [2.75, 3.05) is 13.2 Å². The first-order chi connectivity index (χ1) is 6.70. The average Bonchev–Trinajstić information content (AvgIpc) is 2.16. The second-order valence-corrected chi connectivity index (χ2v) is 3.89. The fourth-order valence-electron chi connectivity index (χ4n) is 1.17. The Bertz CT molecular complexity index is 134. The second-order valence-electron chi connectivity index (χ2n) is 3.89. The summed E-state index contributed by atoms with van der Waals surface area (Å²) in [7, 11) is 0. The van der Waals surface area contributed by atoms with Crippen molar-refractivity contribution in [1.82, 2.24) is 5.32 Å². The van der Waals surface area contributed by atoms with E-state index in [1.807, 2.05) is 6.08 Å². The lowest BCUT2D eigenvalue weighted by molar-refractivity contribution is 0.0484. The van der Waals surface area contributed by atoms with E-state index in [-0.39, 0.29) is 0 Å². The lowest BCUT2D eigenvalue weighted by Crippen LogP contribution is -2.33. The first-order valence-electron chi connectivity index (χ1n) is 5.66. The fraction of sp³-hybridized carbons (Fsp3) is 0.833. The van der Waals surface area contributed by atoms with Gasteiger partial charge in [0.05, 0.1) is 6.10 Å². The standard InChI is InChI=1S/C12H25NO/c1-5-7-8-9-14-12(6-2)10-13-11(3)4/h5,11-13H,1,6-10H2,2-4H3. The van der Waals surface area contributed by atoms with Gasteiger partial charge in [-0.2, -0.15) is 0 Å². The van der Waals surface area contributed by atoms with Crippen LogP contribution in [0, 0.1) is 0 Å². The molecule has 0 aromatic carbocycles. The molecule has 14 heavy (non-hydrogen) atoms. The quantitative estimate of drug-likeness (QED) is 0.455. The summed E-state index contributed by atoms with van der Waals surface area (Å²) in [6, 6.07) is 0.542. The van der Waals surface area contributed by atoms with E-state index in [0.29, 0.717) is 12.1 Å². The number of allylic oxidation sites excluding steroid dienone is 1. The molecule has 0 amide bonds. The number of rotatable bonds is 9. The summed E-state index contributed by atoms with van der Waals surface area (Å²) in [5.41, 5.74) is 0. The molecule has 0 bridgehead atoms. The molecule has 0 rings (SSSR count). The van der Waals surface area contributed by atoms with E-state index in [1.165, 1.54) is 0 Å².